The van der Waals surface area contributed by atoms with Crippen molar-refractivity contribution in [3.63, 3.8) is 0 Å². The van der Waals surface area contributed by atoms with Crippen molar-refractivity contribution in [1.82, 2.24) is 15.0 Å². The van der Waals surface area contributed by atoms with E-state index in [0.717, 1.165) is 62.8 Å². The summed E-state index contributed by atoms with van der Waals surface area (Å²) >= 11 is 0. The number of para-hydroxylation sites is 3. The molecule has 1 aliphatic heterocycles. The topological polar surface area (TPSA) is 51.6 Å². The molecule has 0 bridgehead atoms. The van der Waals surface area contributed by atoms with E-state index in [1.54, 1.807) is 0 Å². The molecule has 1 aromatic heterocycles. The van der Waals surface area contributed by atoms with Gasteiger partial charge in [-0.3, -0.25) is 14.0 Å². The van der Waals surface area contributed by atoms with E-state index in [9.17, 15) is 0 Å². The number of aromatic nitrogens is 3. The number of benzene rings is 8. The van der Waals surface area contributed by atoms with Gasteiger partial charge < -0.3 is 4.67 Å². The molecule has 2 atom stereocenters. The predicted molar refractivity (Wildman–Crippen MR) is 287 cm³/mol. The molecule has 11 rings (SSSR count). The van der Waals surface area contributed by atoms with Gasteiger partial charge in [0.15, 0.2) is 11.6 Å². The first-order valence-corrected chi connectivity index (χ1v) is 25.3. The van der Waals surface area contributed by atoms with Crippen molar-refractivity contribution in [3.8, 4) is 22.8 Å². The molecule has 2 heterocycles. The molecule has 0 saturated carbocycles. The van der Waals surface area contributed by atoms with E-state index in [2.05, 4.69) is 244 Å². The highest BCUT2D eigenvalue weighted by Crippen LogP contribution is 2.65. The Kier molecular flexibility index (Phi) is 12.2. The molecular weight excluding hydrogens is 869 g/mol. The molecule has 8 aromatic carbocycles. The summed E-state index contributed by atoms with van der Waals surface area (Å²) in [6.45, 7) is 0. The van der Waals surface area contributed by atoms with Crippen LogP contribution in [0.25, 0.3) is 28.3 Å². The predicted octanol–water partition coefficient (Wildman–Crippen LogP) is 14.6. The lowest BCUT2D eigenvalue weighted by atomic mass is 10.0. The lowest BCUT2D eigenvalue weighted by Gasteiger charge is -2.40. The van der Waals surface area contributed by atoms with Crippen molar-refractivity contribution in [2.75, 3.05) is 25.7 Å². The van der Waals surface area contributed by atoms with Crippen LogP contribution in [0.2, 0.25) is 0 Å². The third-order valence-electron chi connectivity index (χ3n) is 11.9. The van der Waals surface area contributed by atoms with Gasteiger partial charge in [-0.2, -0.15) is 9.97 Å². The van der Waals surface area contributed by atoms with Crippen molar-refractivity contribution in [1.29, 1.82) is 0 Å². The first-order valence-electron chi connectivity index (χ1n) is 22.8. The Balaban J connectivity index is 1.10. The zero-order chi connectivity index (χ0) is 45.7. The van der Waals surface area contributed by atoms with Crippen LogP contribution >= 0.6 is 16.4 Å². The third-order valence-corrected chi connectivity index (χ3v) is 16.7. The van der Waals surface area contributed by atoms with E-state index in [1.165, 1.54) is 10.6 Å². The Morgan fingerprint density at radius 1 is 0.500 bits per heavy atom. The van der Waals surface area contributed by atoms with Gasteiger partial charge in [0.2, 0.25) is 5.95 Å². The molecule has 0 fully saturated rings. The Hall–Kier alpha value is -7.95. The van der Waals surface area contributed by atoms with Gasteiger partial charge in [-0.05, 0) is 78.2 Å². The van der Waals surface area contributed by atoms with Gasteiger partial charge in [0.05, 0.1) is 11.4 Å². The molecule has 9 aromatic rings. The maximum atomic E-state index is 5.38. The van der Waals surface area contributed by atoms with Gasteiger partial charge in [0, 0.05) is 51.5 Å². The maximum absolute atomic E-state index is 5.38. The number of anilines is 6. The SMILES string of the molecule is CN(c1ccccc1)P(c1ccccc1)N(C1=CC(c2ccc3c(c2)N(c2nc(-c4ccccc4)nc(-c4ccccc4)n2)P(c2ccccc2)N3c2ccccc2)=CCC=C1)c1ccccc1. The molecule has 0 spiro atoms. The second-order valence-corrected chi connectivity index (χ2v) is 20.3. The molecule has 0 radical (unpaired) electrons. The molecule has 0 N–H and O–H groups in total. The van der Waals surface area contributed by atoms with Crippen LogP contribution < -0.4 is 29.3 Å². The Bertz CT molecular complexity index is 3170. The van der Waals surface area contributed by atoms with Gasteiger partial charge >= 0.3 is 0 Å². The minimum absolute atomic E-state index is 0.588. The third kappa shape index (κ3) is 8.62. The van der Waals surface area contributed by atoms with Crippen LogP contribution in [-0.4, -0.2) is 22.0 Å². The van der Waals surface area contributed by atoms with E-state index < -0.39 is 16.4 Å². The van der Waals surface area contributed by atoms with Gasteiger partial charge in [-0.15, -0.1) is 0 Å². The average molecular weight is 916 g/mol. The van der Waals surface area contributed by atoms with E-state index in [-0.39, 0.29) is 0 Å². The van der Waals surface area contributed by atoms with Gasteiger partial charge in [-0.25, -0.2) is 4.98 Å². The quantitative estimate of drug-likeness (QED) is 0.113. The van der Waals surface area contributed by atoms with Crippen molar-refractivity contribution in [2.45, 2.75) is 6.42 Å². The zero-order valence-electron chi connectivity index (χ0n) is 37.5. The van der Waals surface area contributed by atoms with Crippen LogP contribution in [0, 0.1) is 0 Å². The Morgan fingerprint density at radius 3 is 1.63 bits per heavy atom. The highest BCUT2D eigenvalue weighted by atomic mass is 31.1. The molecule has 7 nitrogen and oxygen atoms in total. The van der Waals surface area contributed by atoms with Crippen molar-refractivity contribution in [2.24, 2.45) is 0 Å². The lowest BCUT2D eigenvalue weighted by Crippen LogP contribution is -2.31. The zero-order valence-corrected chi connectivity index (χ0v) is 39.3. The summed E-state index contributed by atoms with van der Waals surface area (Å²) in [4.78, 5) is 15.9. The summed E-state index contributed by atoms with van der Waals surface area (Å²) in [5.41, 5.74) is 10.7. The van der Waals surface area contributed by atoms with E-state index in [0.29, 0.717) is 17.6 Å². The molecule has 0 amide bonds. The fourth-order valence-corrected chi connectivity index (χ4v) is 13.5. The highest BCUT2D eigenvalue weighted by molar-refractivity contribution is 7.70. The number of hydrogen-bond acceptors (Lipinski definition) is 7. The van der Waals surface area contributed by atoms with Gasteiger partial charge in [0.25, 0.3) is 0 Å². The summed E-state index contributed by atoms with van der Waals surface area (Å²) in [5.74, 6) is 1.83. The lowest BCUT2D eigenvalue weighted by molar-refractivity contribution is 1.05. The summed E-state index contributed by atoms with van der Waals surface area (Å²) in [6, 6.07) is 81.2. The Labute approximate surface area is 401 Å². The number of hydrogen-bond donors (Lipinski definition) is 0. The average Bonchev–Trinajstić information content (AvgIpc) is 3.57. The van der Waals surface area contributed by atoms with Crippen LogP contribution in [0.15, 0.2) is 261 Å². The molecule has 328 valence electrons. The largest absolute Gasteiger partial charge is 0.333 e. The summed E-state index contributed by atoms with van der Waals surface area (Å²) in [6.07, 6.45) is 10.1. The number of fused-ring (bicyclic) bond motifs is 1. The molecule has 68 heavy (non-hydrogen) atoms. The van der Waals surface area contributed by atoms with Crippen LogP contribution in [0.5, 0.6) is 0 Å². The van der Waals surface area contributed by atoms with Crippen LogP contribution in [0.4, 0.5) is 34.4 Å². The van der Waals surface area contributed by atoms with Crippen molar-refractivity contribution < 1.29 is 0 Å². The second-order valence-electron chi connectivity index (χ2n) is 16.3. The number of allylic oxidation sites excluding steroid dienone is 5. The second kappa shape index (κ2) is 19.5. The molecular formula is C59H47N7P2. The number of nitrogens with zero attached hydrogens (tertiary/aromatic N) is 7. The fraction of sp³-hybridized carbons (Fsp3) is 0.0339. The summed E-state index contributed by atoms with van der Waals surface area (Å²) in [5, 5.41) is 2.41. The van der Waals surface area contributed by atoms with Crippen molar-refractivity contribution in [3.05, 3.63) is 266 Å². The molecule has 2 aliphatic rings. The Morgan fingerprint density at radius 2 is 1.03 bits per heavy atom. The monoisotopic (exact) mass is 915 g/mol. The molecule has 1 aliphatic carbocycles. The summed E-state index contributed by atoms with van der Waals surface area (Å²) < 4.78 is 9.81. The van der Waals surface area contributed by atoms with Gasteiger partial charge in [0.1, 0.15) is 16.4 Å². The van der Waals surface area contributed by atoms with Crippen molar-refractivity contribution >= 4 is 67.0 Å². The molecule has 9 heteroatoms. The maximum Gasteiger partial charge on any atom is 0.239 e. The minimum Gasteiger partial charge on any atom is -0.333 e. The normalized spacial score (nSPS) is 14.6. The standard InChI is InChI=1S/C59H47N7P2/c1-63(49-30-13-4-14-31-49)67(53-37-19-7-20-38-53)64(50-32-15-5-16-33-50)52-36-24-23-29-47(43-52)48-41-42-55-56(44-48)66(68(54-39-21-8-22-40-54)65(55)51-34-17-6-18-35-51)59-61-57(45-25-9-2-10-26-45)60-58(62-59)46-27-11-3-12-28-46/h2-22,24-44H,23H2,1H3. The molecule has 0 saturated heterocycles. The summed E-state index contributed by atoms with van der Waals surface area (Å²) in [7, 11) is -0.207. The van der Waals surface area contributed by atoms with E-state index in [4.69, 9.17) is 15.0 Å². The van der Waals surface area contributed by atoms with E-state index >= 15 is 0 Å². The first kappa shape index (κ1) is 42.7. The fourth-order valence-electron chi connectivity index (χ4n) is 8.70. The smallest absolute Gasteiger partial charge is 0.239 e. The number of rotatable bonds is 12. The first-order chi connectivity index (χ1) is 33.7. The minimum atomic E-state index is -1.30. The van der Waals surface area contributed by atoms with Crippen LogP contribution in [0.1, 0.15) is 12.0 Å². The highest BCUT2D eigenvalue weighted by Gasteiger charge is 2.42. The van der Waals surface area contributed by atoms with Crippen LogP contribution in [-0.2, 0) is 0 Å². The van der Waals surface area contributed by atoms with Gasteiger partial charge in [-0.1, -0.05) is 194 Å². The molecule has 2 unspecified atom stereocenters. The van der Waals surface area contributed by atoms with Crippen LogP contribution in [0.3, 0.4) is 0 Å². The van der Waals surface area contributed by atoms with E-state index in [1.807, 2.05) is 36.4 Å².